The highest BCUT2D eigenvalue weighted by Crippen LogP contribution is 2.31. The second-order valence-corrected chi connectivity index (χ2v) is 8.60. The maximum Gasteiger partial charge on any atom is 0.325 e. The number of esters is 1. The van der Waals surface area contributed by atoms with Gasteiger partial charge in [-0.15, -0.1) is 10.2 Å². The fraction of sp³-hybridized carbons (Fsp3) is 0.273. The molecule has 0 aliphatic rings. The Morgan fingerprint density at radius 3 is 2.71 bits per heavy atom. The van der Waals surface area contributed by atoms with Gasteiger partial charge < -0.3 is 20.1 Å². The third kappa shape index (κ3) is 7.02. The Bertz CT molecular complexity index is 1160. The van der Waals surface area contributed by atoms with Crippen molar-refractivity contribution in [3.8, 4) is 11.4 Å². The summed E-state index contributed by atoms with van der Waals surface area (Å²) in [6, 6.07) is 12.2. The highest BCUT2D eigenvalue weighted by molar-refractivity contribution is 7.98. The molecule has 1 heterocycles. The van der Waals surface area contributed by atoms with E-state index in [-0.39, 0.29) is 19.7 Å². The average molecular weight is 524 g/mol. The van der Waals surface area contributed by atoms with Crippen LogP contribution in [0.15, 0.2) is 47.6 Å². The molecule has 0 atom stereocenters. The first-order valence-electron chi connectivity index (χ1n) is 10.2. The summed E-state index contributed by atoms with van der Waals surface area (Å²) in [6.07, 6.45) is 0. The van der Waals surface area contributed by atoms with E-state index in [0.29, 0.717) is 32.5 Å². The van der Waals surface area contributed by atoms with E-state index in [0.717, 1.165) is 11.3 Å². The summed E-state index contributed by atoms with van der Waals surface area (Å²) in [5.74, 6) is 1.27. The standard InChI is InChI=1S/C22H23Cl2N5O4S/c1-3-33-20(30)12-26-21(31)25-11-19-27-28-22(29(19)18-10-15(23)7-8-17(18)24)34-13-14-5-4-6-16(9-14)32-2/h4-10H,3,11-13H2,1-2H3,(H2,25,26,31). The summed E-state index contributed by atoms with van der Waals surface area (Å²) >= 11 is 14.1. The van der Waals surface area contributed by atoms with Crippen molar-refractivity contribution in [1.82, 2.24) is 25.4 Å². The Morgan fingerprint density at radius 2 is 1.94 bits per heavy atom. The molecule has 0 bridgehead atoms. The Morgan fingerprint density at radius 1 is 1.12 bits per heavy atom. The van der Waals surface area contributed by atoms with Gasteiger partial charge in [0.05, 0.1) is 31.0 Å². The summed E-state index contributed by atoms with van der Waals surface area (Å²) in [5.41, 5.74) is 1.62. The molecule has 3 aromatic rings. The van der Waals surface area contributed by atoms with Crippen molar-refractivity contribution in [2.75, 3.05) is 20.3 Å². The van der Waals surface area contributed by atoms with Crippen molar-refractivity contribution in [2.24, 2.45) is 0 Å². The SMILES string of the molecule is CCOC(=O)CNC(=O)NCc1nnc(SCc2cccc(OC)c2)n1-c1cc(Cl)ccc1Cl. The van der Waals surface area contributed by atoms with Gasteiger partial charge in [-0.25, -0.2) is 4.79 Å². The van der Waals surface area contributed by atoms with Crippen molar-refractivity contribution in [3.05, 3.63) is 63.9 Å². The van der Waals surface area contributed by atoms with Gasteiger partial charge in [0.15, 0.2) is 11.0 Å². The van der Waals surface area contributed by atoms with Gasteiger partial charge in [-0.1, -0.05) is 47.1 Å². The third-order valence-corrected chi connectivity index (χ3v) is 6.01. The predicted octanol–water partition coefficient (Wildman–Crippen LogP) is 4.24. The third-order valence-electron chi connectivity index (χ3n) is 4.46. The number of carbonyl (C=O) groups is 2. The van der Waals surface area contributed by atoms with Gasteiger partial charge in [-0.05, 0) is 42.8 Å². The Labute approximate surface area is 211 Å². The summed E-state index contributed by atoms with van der Waals surface area (Å²) in [4.78, 5) is 23.6. The molecular formula is C22H23Cl2N5O4S. The van der Waals surface area contributed by atoms with Crippen LogP contribution in [0.1, 0.15) is 18.3 Å². The van der Waals surface area contributed by atoms with Crippen molar-refractivity contribution < 1.29 is 19.1 Å². The highest BCUT2D eigenvalue weighted by Gasteiger charge is 2.18. The van der Waals surface area contributed by atoms with Gasteiger partial charge in [0.1, 0.15) is 12.3 Å². The van der Waals surface area contributed by atoms with Gasteiger partial charge in [0, 0.05) is 10.8 Å². The van der Waals surface area contributed by atoms with E-state index >= 15 is 0 Å². The van der Waals surface area contributed by atoms with E-state index in [1.807, 2.05) is 24.3 Å². The molecule has 34 heavy (non-hydrogen) atoms. The molecule has 0 unspecified atom stereocenters. The van der Waals surface area contributed by atoms with E-state index < -0.39 is 12.0 Å². The van der Waals surface area contributed by atoms with Crippen LogP contribution in [0.3, 0.4) is 0 Å². The smallest absolute Gasteiger partial charge is 0.325 e. The number of methoxy groups -OCH3 is 1. The fourth-order valence-electron chi connectivity index (χ4n) is 2.90. The first kappa shape index (κ1) is 25.7. The summed E-state index contributed by atoms with van der Waals surface area (Å²) in [7, 11) is 1.62. The Kier molecular flexibility index (Phi) is 9.43. The van der Waals surface area contributed by atoms with Crippen LogP contribution < -0.4 is 15.4 Å². The average Bonchev–Trinajstić information content (AvgIpc) is 3.24. The lowest BCUT2D eigenvalue weighted by Gasteiger charge is -2.13. The molecule has 2 aromatic carbocycles. The minimum atomic E-state index is -0.551. The molecule has 0 aliphatic heterocycles. The number of aromatic nitrogens is 3. The zero-order valence-electron chi connectivity index (χ0n) is 18.5. The minimum absolute atomic E-state index is 0.0320. The number of halogens is 2. The maximum absolute atomic E-state index is 12.1. The highest BCUT2D eigenvalue weighted by atomic mass is 35.5. The van der Waals surface area contributed by atoms with E-state index in [2.05, 4.69) is 20.8 Å². The quantitative estimate of drug-likeness (QED) is 0.302. The normalized spacial score (nSPS) is 10.6. The molecule has 180 valence electrons. The van der Waals surface area contributed by atoms with Crippen LogP contribution in [0, 0.1) is 0 Å². The van der Waals surface area contributed by atoms with Crippen LogP contribution in [0.4, 0.5) is 4.79 Å². The summed E-state index contributed by atoms with van der Waals surface area (Å²) in [5, 5.41) is 15.1. The number of rotatable bonds is 10. The lowest BCUT2D eigenvalue weighted by Crippen LogP contribution is -2.39. The number of nitrogens with zero attached hydrogens (tertiary/aromatic N) is 3. The van der Waals surface area contributed by atoms with Crippen LogP contribution in [0.5, 0.6) is 5.75 Å². The van der Waals surface area contributed by atoms with Crippen LogP contribution in [0.2, 0.25) is 10.0 Å². The summed E-state index contributed by atoms with van der Waals surface area (Å²) < 4.78 is 11.8. The molecule has 3 rings (SSSR count). The van der Waals surface area contributed by atoms with Gasteiger partial charge in [0.2, 0.25) is 0 Å². The molecule has 0 saturated heterocycles. The molecule has 0 saturated carbocycles. The molecule has 2 amide bonds. The van der Waals surface area contributed by atoms with Crippen molar-refractivity contribution in [1.29, 1.82) is 0 Å². The second kappa shape index (κ2) is 12.5. The van der Waals surface area contributed by atoms with E-state index in [1.54, 1.807) is 36.8 Å². The molecule has 2 N–H and O–H groups in total. The van der Waals surface area contributed by atoms with Crippen LogP contribution >= 0.6 is 35.0 Å². The van der Waals surface area contributed by atoms with Gasteiger partial charge >= 0.3 is 12.0 Å². The van der Waals surface area contributed by atoms with Crippen LogP contribution in [-0.2, 0) is 21.8 Å². The molecule has 0 fully saturated rings. The number of hydrogen-bond donors (Lipinski definition) is 2. The molecule has 0 spiro atoms. The van der Waals surface area contributed by atoms with Gasteiger partial charge in [-0.2, -0.15) is 0 Å². The van der Waals surface area contributed by atoms with Crippen LogP contribution in [-0.4, -0.2) is 47.0 Å². The predicted molar refractivity (Wildman–Crippen MR) is 131 cm³/mol. The Hall–Kier alpha value is -2.95. The van der Waals surface area contributed by atoms with Crippen molar-refractivity contribution in [3.63, 3.8) is 0 Å². The van der Waals surface area contributed by atoms with E-state index in [1.165, 1.54) is 11.8 Å². The topological polar surface area (TPSA) is 107 Å². The van der Waals surface area contributed by atoms with Gasteiger partial charge in [0.25, 0.3) is 0 Å². The maximum atomic E-state index is 12.1. The lowest BCUT2D eigenvalue weighted by atomic mass is 10.2. The molecule has 9 nitrogen and oxygen atoms in total. The molecule has 0 aliphatic carbocycles. The zero-order chi connectivity index (χ0) is 24.5. The minimum Gasteiger partial charge on any atom is -0.497 e. The van der Waals surface area contributed by atoms with Crippen molar-refractivity contribution in [2.45, 2.75) is 24.4 Å². The van der Waals surface area contributed by atoms with E-state index in [4.69, 9.17) is 32.7 Å². The monoisotopic (exact) mass is 523 g/mol. The molecule has 12 heteroatoms. The number of benzene rings is 2. The largest absolute Gasteiger partial charge is 0.497 e. The first-order chi connectivity index (χ1) is 16.4. The Balaban J connectivity index is 1.79. The summed E-state index contributed by atoms with van der Waals surface area (Å²) in [6.45, 7) is 1.72. The number of amides is 2. The lowest BCUT2D eigenvalue weighted by molar-refractivity contribution is -0.141. The molecule has 1 aromatic heterocycles. The zero-order valence-corrected chi connectivity index (χ0v) is 20.8. The number of ether oxygens (including phenoxy) is 2. The van der Waals surface area contributed by atoms with Crippen molar-refractivity contribution >= 4 is 47.0 Å². The first-order valence-corrected chi connectivity index (χ1v) is 12.0. The number of urea groups is 1. The number of hydrogen-bond acceptors (Lipinski definition) is 7. The van der Waals surface area contributed by atoms with Gasteiger partial charge in [-0.3, -0.25) is 9.36 Å². The molecule has 0 radical (unpaired) electrons. The number of nitrogens with one attached hydrogen (secondary N) is 2. The van der Waals surface area contributed by atoms with E-state index in [9.17, 15) is 9.59 Å². The fourth-order valence-corrected chi connectivity index (χ4v) is 4.18. The van der Waals surface area contributed by atoms with Crippen LogP contribution in [0.25, 0.3) is 5.69 Å². The molecular weight excluding hydrogens is 501 g/mol. The number of thioether (sulfide) groups is 1. The number of carbonyl (C=O) groups excluding carboxylic acids is 2. The second-order valence-electron chi connectivity index (χ2n) is 6.81.